The smallest absolute Gasteiger partial charge is 0.0931 e. The van der Waals surface area contributed by atoms with Gasteiger partial charge >= 0.3 is 0 Å². The van der Waals surface area contributed by atoms with Gasteiger partial charge in [-0.25, -0.2) is 4.98 Å². The molecule has 1 unspecified atom stereocenters. The number of benzene rings is 1. The SMILES string of the molecule is Cc1cccc(CC(CCl)Cc2nc(C(C)(C)C)cs2)c1. The number of aryl methyl sites for hydroxylation is 1. The molecule has 0 fully saturated rings. The summed E-state index contributed by atoms with van der Waals surface area (Å²) in [4.78, 5) is 4.79. The van der Waals surface area contributed by atoms with Gasteiger partial charge in [0.05, 0.1) is 10.7 Å². The zero-order chi connectivity index (χ0) is 15.5. The van der Waals surface area contributed by atoms with Gasteiger partial charge in [-0.1, -0.05) is 50.6 Å². The Morgan fingerprint density at radius 2 is 2.00 bits per heavy atom. The van der Waals surface area contributed by atoms with E-state index >= 15 is 0 Å². The van der Waals surface area contributed by atoms with E-state index in [1.165, 1.54) is 21.8 Å². The van der Waals surface area contributed by atoms with Crippen LogP contribution in [0.4, 0.5) is 0 Å². The monoisotopic (exact) mass is 321 g/mol. The Morgan fingerprint density at radius 1 is 1.24 bits per heavy atom. The Balaban J connectivity index is 2.04. The molecule has 2 aromatic rings. The van der Waals surface area contributed by atoms with Gasteiger partial charge in [-0.05, 0) is 24.8 Å². The fourth-order valence-corrected chi connectivity index (χ4v) is 3.70. The number of rotatable bonds is 5. The molecule has 1 aromatic heterocycles. The summed E-state index contributed by atoms with van der Waals surface area (Å²) in [5.74, 6) is 1.13. The molecular formula is C18H24ClNS. The van der Waals surface area contributed by atoms with Gasteiger partial charge in [0, 0.05) is 23.1 Å². The fourth-order valence-electron chi connectivity index (χ4n) is 2.35. The second-order valence-electron chi connectivity index (χ2n) is 6.79. The summed E-state index contributed by atoms with van der Waals surface area (Å²) in [6, 6.07) is 8.70. The molecule has 1 nitrogen and oxygen atoms in total. The first-order valence-electron chi connectivity index (χ1n) is 7.45. The van der Waals surface area contributed by atoms with Crippen LogP contribution in [0, 0.1) is 12.8 Å². The van der Waals surface area contributed by atoms with Crippen LogP contribution in [0.2, 0.25) is 0 Å². The van der Waals surface area contributed by atoms with Crippen molar-refractivity contribution in [3.05, 3.63) is 51.5 Å². The molecule has 0 aliphatic carbocycles. The van der Waals surface area contributed by atoms with E-state index in [-0.39, 0.29) is 5.41 Å². The first kappa shape index (κ1) is 16.5. The van der Waals surface area contributed by atoms with E-state index < -0.39 is 0 Å². The summed E-state index contributed by atoms with van der Waals surface area (Å²) in [6.45, 7) is 8.75. The van der Waals surface area contributed by atoms with Gasteiger partial charge in [0.1, 0.15) is 0 Å². The van der Waals surface area contributed by atoms with Gasteiger partial charge in [0.25, 0.3) is 0 Å². The molecular weight excluding hydrogens is 298 g/mol. The van der Waals surface area contributed by atoms with Crippen molar-refractivity contribution in [1.82, 2.24) is 4.98 Å². The molecule has 3 heteroatoms. The van der Waals surface area contributed by atoms with Gasteiger partial charge in [-0.2, -0.15) is 0 Å². The van der Waals surface area contributed by atoms with Crippen molar-refractivity contribution in [2.75, 3.05) is 5.88 Å². The van der Waals surface area contributed by atoms with Crippen LogP contribution in [0.3, 0.4) is 0 Å². The highest BCUT2D eigenvalue weighted by molar-refractivity contribution is 7.09. The van der Waals surface area contributed by atoms with Crippen LogP contribution < -0.4 is 0 Å². The van der Waals surface area contributed by atoms with E-state index in [0.717, 1.165) is 12.8 Å². The average Bonchev–Trinajstić information content (AvgIpc) is 2.86. The van der Waals surface area contributed by atoms with Gasteiger partial charge in [0.15, 0.2) is 0 Å². The van der Waals surface area contributed by atoms with Crippen molar-refractivity contribution in [2.45, 2.75) is 46.0 Å². The largest absolute Gasteiger partial charge is 0.246 e. The molecule has 114 valence electrons. The Morgan fingerprint density at radius 3 is 2.57 bits per heavy atom. The van der Waals surface area contributed by atoms with E-state index in [1.807, 2.05) is 0 Å². The summed E-state index contributed by atoms with van der Waals surface area (Å²) in [5, 5.41) is 3.39. The third kappa shape index (κ3) is 4.82. The summed E-state index contributed by atoms with van der Waals surface area (Å²) >= 11 is 7.94. The molecule has 0 spiro atoms. The number of hydrogen-bond donors (Lipinski definition) is 0. The van der Waals surface area contributed by atoms with E-state index in [1.54, 1.807) is 11.3 Å². The summed E-state index contributed by atoms with van der Waals surface area (Å²) in [7, 11) is 0. The van der Waals surface area contributed by atoms with Crippen LogP contribution in [0.25, 0.3) is 0 Å². The maximum absolute atomic E-state index is 6.18. The van der Waals surface area contributed by atoms with Crippen molar-refractivity contribution in [3.8, 4) is 0 Å². The molecule has 21 heavy (non-hydrogen) atoms. The molecule has 0 amide bonds. The highest BCUT2D eigenvalue weighted by Crippen LogP contribution is 2.26. The van der Waals surface area contributed by atoms with E-state index in [0.29, 0.717) is 11.8 Å². The molecule has 0 bridgehead atoms. The molecule has 1 heterocycles. The normalized spacial score (nSPS) is 13.4. The summed E-state index contributed by atoms with van der Waals surface area (Å²) in [5.41, 5.74) is 3.99. The van der Waals surface area contributed by atoms with Crippen molar-refractivity contribution in [1.29, 1.82) is 0 Å². The Hall–Kier alpha value is -0.860. The van der Waals surface area contributed by atoms with Gasteiger partial charge < -0.3 is 0 Å². The molecule has 0 saturated carbocycles. The third-order valence-electron chi connectivity index (χ3n) is 3.61. The number of alkyl halides is 1. The van der Waals surface area contributed by atoms with Crippen LogP contribution in [0.5, 0.6) is 0 Å². The van der Waals surface area contributed by atoms with Crippen LogP contribution in [0.1, 0.15) is 42.6 Å². The van der Waals surface area contributed by atoms with Crippen molar-refractivity contribution in [3.63, 3.8) is 0 Å². The minimum Gasteiger partial charge on any atom is -0.246 e. The topological polar surface area (TPSA) is 12.9 Å². The lowest BCUT2D eigenvalue weighted by Gasteiger charge is -2.15. The van der Waals surface area contributed by atoms with Crippen molar-refractivity contribution >= 4 is 22.9 Å². The van der Waals surface area contributed by atoms with E-state index in [2.05, 4.69) is 57.3 Å². The minimum atomic E-state index is 0.127. The second-order valence-corrected chi connectivity index (χ2v) is 8.05. The van der Waals surface area contributed by atoms with Gasteiger partial charge in [-0.3, -0.25) is 0 Å². The van der Waals surface area contributed by atoms with Crippen LogP contribution in [-0.2, 0) is 18.3 Å². The molecule has 2 rings (SSSR count). The first-order chi connectivity index (χ1) is 9.88. The molecule has 0 saturated heterocycles. The number of halogens is 1. The third-order valence-corrected chi connectivity index (χ3v) is 4.92. The number of hydrogen-bond acceptors (Lipinski definition) is 2. The second kappa shape index (κ2) is 6.93. The molecule has 0 aliphatic rings. The Labute approximate surface area is 137 Å². The zero-order valence-electron chi connectivity index (χ0n) is 13.3. The van der Waals surface area contributed by atoms with Gasteiger partial charge in [-0.15, -0.1) is 22.9 Å². The quantitative estimate of drug-likeness (QED) is 0.673. The van der Waals surface area contributed by atoms with Crippen LogP contribution in [-0.4, -0.2) is 10.9 Å². The summed E-state index contributed by atoms with van der Waals surface area (Å²) in [6.07, 6.45) is 1.99. The molecule has 0 radical (unpaired) electrons. The highest BCUT2D eigenvalue weighted by Gasteiger charge is 2.19. The first-order valence-corrected chi connectivity index (χ1v) is 8.86. The fraction of sp³-hybridized carbons (Fsp3) is 0.500. The average molecular weight is 322 g/mol. The lowest BCUT2D eigenvalue weighted by molar-refractivity contribution is 0.556. The van der Waals surface area contributed by atoms with Gasteiger partial charge in [0.2, 0.25) is 0 Å². The number of aromatic nitrogens is 1. The highest BCUT2D eigenvalue weighted by atomic mass is 35.5. The lowest BCUT2D eigenvalue weighted by atomic mass is 9.93. The standard InChI is InChI=1S/C18H24ClNS/c1-13-6-5-7-14(8-13)9-15(11-19)10-17-20-16(12-21-17)18(2,3)4/h5-8,12,15H,9-11H2,1-4H3. The predicted molar refractivity (Wildman–Crippen MR) is 93.6 cm³/mol. The van der Waals surface area contributed by atoms with Crippen molar-refractivity contribution < 1.29 is 0 Å². The van der Waals surface area contributed by atoms with E-state index in [9.17, 15) is 0 Å². The van der Waals surface area contributed by atoms with Crippen LogP contribution >= 0.6 is 22.9 Å². The minimum absolute atomic E-state index is 0.127. The maximum Gasteiger partial charge on any atom is 0.0931 e. The summed E-state index contributed by atoms with van der Waals surface area (Å²) < 4.78 is 0. The van der Waals surface area contributed by atoms with Crippen LogP contribution in [0.15, 0.2) is 29.6 Å². The molecule has 1 atom stereocenters. The number of thiazole rings is 1. The predicted octanol–water partition coefficient (Wildman–Crippen LogP) is 5.39. The Bertz CT molecular complexity index is 583. The van der Waals surface area contributed by atoms with E-state index in [4.69, 9.17) is 16.6 Å². The lowest BCUT2D eigenvalue weighted by Crippen LogP contribution is -2.13. The maximum atomic E-state index is 6.18. The molecule has 0 N–H and O–H groups in total. The molecule has 0 aliphatic heterocycles. The molecule has 1 aromatic carbocycles. The Kier molecular flexibility index (Phi) is 5.45. The number of nitrogens with zero attached hydrogens (tertiary/aromatic N) is 1. The van der Waals surface area contributed by atoms with Crippen molar-refractivity contribution in [2.24, 2.45) is 5.92 Å². The zero-order valence-corrected chi connectivity index (χ0v) is 14.9.